The highest BCUT2D eigenvalue weighted by Crippen LogP contribution is 2.24. The fourth-order valence-corrected chi connectivity index (χ4v) is 1.63. The Hall–Kier alpha value is -1.52. The van der Waals surface area contributed by atoms with Crippen LogP contribution in [-0.4, -0.2) is 24.2 Å². The van der Waals surface area contributed by atoms with Gasteiger partial charge in [0.05, 0.1) is 7.11 Å². The highest BCUT2D eigenvalue weighted by atomic mass is 35.5. The Morgan fingerprint density at radius 1 is 1.61 bits per heavy atom. The zero-order valence-corrected chi connectivity index (χ0v) is 10.9. The van der Waals surface area contributed by atoms with Crippen LogP contribution in [0.2, 0.25) is 5.02 Å². The monoisotopic (exact) mass is 269 g/mol. The Balaban J connectivity index is 2.61. The van der Waals surface area contributed by atoms with Crippen LogP contribution in [0.4, 0.5) is 0 Å². The molecule has 0 saturated heterocycles. The normalized spacial score (nSPS) is 12.6. The van der Waals surface area contributed by atoms with E-state index in [-0.39, 0.29) is 0 Å². The number of hydrogen-bond donors (Lipinski definition) is 2. The molecule has 0 heterocycles. The molecule has 0 aliphatic carbocycles. The van der Waals surface area contributed by atoms with Crippen molar-refractivity contribution >= 4 is 23.6 Å². The molecule has 0 amide bonds. The van der Waals surface area contributed by atoms with Gasteiger partial charge in [0.25, 0.3) is 0 Å². The molecule has 0 aliphatic heterocycles. The van der Waals surface area contributed by atoms with E-state index in [1.807, 2.05) is 12.2 Å². The Kier molecular flexibility index (Phi) is 5.68. The lowest BCUT2D eigenvalue weighted by atomic mass is 10.1. The number of hydrogen-bond acceptors (Lipinski definition) is 3. The van der Waals surface area contributed by atoms with Crippen molar-refractivity contribution in [3.63, 3.8) is 0 Å². The summed E-state index contributed by atoms with van der Waals surface area (Å²) in [5, 5.41) is 9.25. The Morgan fingerprint density at radius 2 is 2.33 bits per heavy atom. The quantitative estimate of drug-likeness (QED) is 0.832. The minimum absolute atomic E-state index is 0.398. The van der Waals surface area contributed by atoms with Gasteiger partial charge in [0.2, 0.25) is 0 Å². The summed E-state index contributed by atoms with van der Waals surface area (Å²) in [7, 11) is 1.58. The van der Waals surface area contributed by atoms with E-state index >= 15 is 0 Å². The molecule has 4 nitrogen and oxygen atoms in total. The first-order chi connectivity index (χ1) is 8.54. The van der Waals surface area contributed by atoms with E-state index in [2.05, 4.69) is 0 Å². The van der Waals surface area contributed by atoms with Crippen LogP contribution in [0.15, 0.2) is 24.3 Å². The number of carboxylic acid groups (broad SMARTS) is 1. The molecule has 1 unspecified atom stereocenters. The molecule has 0 radical (unpaired) electrons. The second-order valence-corrected chi connectivity index (χ2v) is 4.25. The highest BCUT2D eigenvalue weighted by molar-refractivity contribution is 6.30. The molecule has 1 aromatic rings. The van der Waals surface area contributed by atoms with Gasteiger partial charge in [-0.25, -0.2) is 0 Å². The topological polar surface area (TPSA) is 72.5 Å². The number of aliphatic carboxylic acids is 1. The summed E-state index contributed by atoms with van der Waals surface area (Å²) >= 11 is 5.89. The summed E-state index contributed by atoms with van der Waals surface area (Å²) in [6.45, 7) is 0. The molecule has 0 aromatic heterocycles. The Bertz CT molecular complexity index is 446. The molecular weight excluding hydrogens is 254 g/mol. The number of halogens is 1. The zero-order chi connectivity index (χ0) is 13.5. The predicted octanol–water partition coefficient (Wildman–Crippen LogP) is 2.55. The van der Waals surface area contributed by atoms with Gasteiger partial charge in [-0.1, -0.05) is 23.8 Å². The maximum atomic E-state index is 10.5. The van der Waals surface area contributed by atoms with Gasteiger partial charge in [0.1, 0.15) is 11.8 Å². The SMILES string of the molecule is COc1ccc(Cl)cc1/C=C/CCC(N)C(=O)O. The number of carboxylic acids is 1. The second kappa shape index (κ2) is 7.03. The maximum absolute atomic E-state index is 10.5. The van der Waals surface area contributed by atoms with E-state index in [0.717, 1.165) is 11.3 Å². The van der Waals surface area contributed by atoms with Crippen molar-refractivity contribution in [1.82, 2.24) is 0 Å². The zero-order valence-electron chi connectivity index (χ0n) is 10.1. The number of methoxy groups -OCH3 is 1. The first-order valence-electron chi connectivity index (χ1n) is 5.53. The molecule has 0 spiro atoms. The summed E-state index contributed by atoms with van der Waals surface area (Å²) in [5.74, 6) is -0.262. The van der Waals surface area contributed by atoms with Crippen molar-refractivity contribution in [2.75, 3.05) is 7.11 Å². The Morgan fingerprint density at radius 3 is 2.94 bits per heavy atom. The van der Waals surface area contributed by atoms with Gasteiger partial charge in [-0.3, -0.25) is 4.79 Å². The fraction of sp³-hybridized carbons (Fsp3) is 0.308. The van der Waals surface area contributed by atoms with Crippen molar-refractivity contribution in [2.24, 2.45) is 5.73 Å². The number of rotatable bonds is 6. The summed E-state index contributed by atoms with van der Waals surface area (Å²) in [4.78, 5) is 10.5. The average Bonchev–Trinajstić information content (AvgIpc) is 2.34. The van der Waals surface area contributed by atoms with Gasteiger partial charge >= 0.3 is 5.97 Å². The minimum atomic E-state index is -0.983. The molecule has 1 aromatic carbocycles. The summed E-state index contributed by atoms with van der Waals surface area (Å²) in [5.41, 5.74) is 6.25. The third kappa shape index (κ3) is 4.39. The first-order valence-corrected chi connectivity index (χ1v) is 5.91. The summed E-state index contributed by atoms with van der Waals surface area (Å²) in [6.07, 6.45) is 4.69. The van der Waals surface area contributed by atoms with Crippen LogP contribution in [0.5, 0.6) is 5.75 Å². The summed E-state index contributed by atoms with van der Waals surface area (Å²) in [6, 6.07) is 4.49. The summed E-state index contributed by atoms with van der Waals surface area (Å²) < 4.78 is 5.19. The fourth-order valence-electron chi connectivity index (χ4n) is 1.45. The minimum Gasteiger partial charge on any atom is -0.496 e. The number of nitrogens with two attached hydrogens (primary N) is 1. The largest absolute Gasteiger partial charge is 0.496 e. The number of allylic oxidation sites excluding steroid dienone is 1. The number of ether oxygens (including phenoxy) is 1. The number of carbonyl (C=O) groups is 1. The first kappa shape index (κ1) is 14.5. The van der Waals surface area contributed by atoms with Crippen LogP contribution in [0, 0.1) is 0 Å². The van der Waals surface area contributed by atoms with Crippen molar-refractivity contribution in [2.45, 2.75) is 18.9 Å². The van der Waals surface area contributed by atoms with Gasteiger partial charge in [0.15, 0.2) is 0 Å². The third-order valence-electron chi connectivity index (χ3n) is 2.45. The van der Waals surface area contributed by atoms with Crippen molar-refractivity contribution in [3.8, 4) is 5.75 Å². The molecule has 1 rings (SSSR count). The predicted molar refractivity (Wildman–Crippen MR) is 71.9 cm³/mol. The Labute approximate surface area is 111 Å². The van der Waals surface area contributed by atoms with Gasteiger partial charge in [-0.15, -0.1) is 0 Å². The van der Waals surface area contributed by atoms with Crippen LogP contribution >= 0.6 is 11.6 Å². The van der Waals surface area contributed by atoms with Gasteiger partial charge in [-0.05, 0) is 31.0 Å². The van der Waals surface area contributed by atoms with Crippen LogP contribution in [0.1, 0.15) is 18.4 Å². The number of benzene rings is 1. The van der Waals surface area contributed by atoms with E-state index in [0.29, 0.717) is 17.9 Å². The van der Waals surface area contributed by atoms with Gasteiger partial charge in [0, 0.05) is 10.6 Å². The van der Waals surface area contributed by atoms with Gasteiger partial charge < -0.3 is 15.6 Å². The standard InChI is InChI=1S/C13H16ClNO3/c1-18-12-7-6-10(14)8-9(12)4-2-3-5-11(15)13(16)17/h2,4,6-8,11H,3,5,15H2,1H3,(H,16,17)/b4-2+. The molecule has 0 saturated carbocycles. The molecule has 0 bridgehead atoms. The van der Waals surface area contributed by atoms with Crippen LogP contribution in [0.25, 0.3) is 6.08 Å². The molecule has 18 heavy (non-hydrogen) atoms. The van der Waals surface area contributed by atoms with Crippen LogP contribution in [0.3, 0.4) is 0 Å². The lowest BCUT2D eigenvalue weighted by Crippen LogP contribution is -2.29. The lowest BCUT2D eigenvalue weighted by Gasteiger charge is -2.05. The van der Waals surface area contributed by atoms with Crippen molar-refractivity contribution < 1.29 is 14.6 Å². The second-order valence-electron chi connectivity index (χ2n) is 3.81. The molecule has 5 heteroatoms. The van der Waals surface area contributed by atoms with E-state index in [1.165, 1.54) is 0 Å². The molecular formula is C13H16ClNO3. The van der Waals surface area contributed by atoms with E-state index in [9.17, 15) is 4.79 Å². The molecule has 1 atom stereocenters. The smallest absolute Gasteiger partial charge is 0.320 e. The molecule has 3 N–H and O–H groups in total. The lowest BCUT2D eigenvalue weighted by molar-refractivity contribution is -0.138. The van der Waals surface area contributed by atoms with Crippen LogP contribution < -0.4 is 10.5 Å². The van der Waals surface area contributed by atoms with Crippen LogP contribution in [-0.2, 0) is 4.79 Å². The maximum Gasteiger partial charge on any atom is 0.320 e. The van der Waals surface area contributed by atoms with E-state index in [1.54, 1.807) is 25.3 Å². The average molecular weight is 270 g/mol. The van der Waals surface area contributed by atoms with Crippen molar-refractivity contribution in [1.29, 1.82) is 0 Å². The molecule has 0 fully saturated rings. The molecule has 98 valence electrons. The van der Waals surface area contributed by atoms with Gasteiger partial charge in [-0.2, -0.15) is 0 Å². The third-order valence-corrected chi connectivity index (χ3v) is 2.69. The van der Waals surface area contributed by atoms with E-state index in [4.69, 9.17) is 27.2 Å². The van der Waals surface area contributed by atoms with E-state index < -0.39 is 12.0 Å². The highest BCUT2D eigenvalue weighted by Gasteiger charge is 2.09. The molecule has 0 aliphatic rings. The van der Waals surface area contributed by atoms with Crippen molar-refractivity contribution in [3.05, 3.63) is 34.9 Å².